The first-order chi connectivity index (χ1) is 16.4. The van der Waals surface area contributed by atoms with E-state index in [1.54, 1.807) is 18.3 Å². The zero-order valence-corrected chi connectivity index (χ0v) is 20.7. The lowest BCUT2D eigenvalue weighted by atomic mass is 9.96. The average Bonchev–Trinajstić information content (AvgIpc) is 3.31. The van der Waals surface area contributed by atoms with Crippen molar-refractivity contribution in [2.45, 2.75) is 32.9 Å². The van der Waals surface area contributed by atoms with E-state index in [2.05, 4.69) is 41.7 Å². The van der Waals surface area contributed by atoms with Gasteiger partial charge in [-0.1, -0.05) is 35.9 Å². The third kappa shape index (κ3) is 3.77. The molecule has 0 radical (unpaired) electrons. The summed E-state index contributed by atoms with van der Waals surface area (Å²) in [5.41, 5.74) is 6.57. The minimum absolute atomic E-state index is 0.247. The quantitative estimate of drug-likeness (QED) is 0.320. The normalized spacial score (nSPS) is 17.8. The first-order valence-corrected chi connectivity index (χ1v) is 11.9. The van der Waals surface area contributed by atoms with Crippen LogP contribution < -0.4 is 10.2 Å². The molecule has 2 atom stereocenters. The van der Waals surface area contributed by atoms with Crippen molar-refractivity contribution >= 4 is 34.6 Å². The number of halogens is 2. The molecule has 0 saturated carbocycles. The number of para-hydroxylation sites is 1. The van der Waals surface area contributed by atoms with Gasteiger partial charge < -0.3 is 14.8 Å². The smallest absolute Gasteiger partial charge is 0.174 e. The van der Waals surface area contributed by atoms with Crippen molar-refractivity contribution in [3.8, 4) is 5.69 Å². The van der Waals surface area contributed by atoms with Crippen LogP contribution >= 0.6 is 23.8 Å². The summed E-state index contributed by atoms with van der Waals surface area (Å²) < 4.78 is 17.2. The number of rotatable bonds is 4. The molecule has 2 aromatic heterocycles. The Hall–Kier alpha value is -3.22. The van der Waals surface area contributed by atoms with Gasteiger partial charge in [0, 0.05) is 28.3 Å². The first kappa shape index (κ1) is 22.6. The van der Waals surface area contributed by atoms with Crippen molar-refractivity contribution in [2.24, 2.45) is 0 Å². The molecule has 1 aliphatic heterocycles. The summed E-state index contributed by atoms with van der Waals surface area (Å²) in [7, 11) is 0. The first-order valence-electron chi connectivity index (χ1n) is 11.1. The van der Waals surface area contributed by atoms with E-state index in [4.69, 9.17) is 23.8 Å². The molecule has 0 aliphatic carbocycles. The van der Waals surface area contributed by atoms with Crippen molar-refractivity contribution < 1.29 is 4.39 Å². The summed E-state index contributed by atoms with van der Waals surface area (Å²) in [6.45, 7) is 6.22. The van der Waals surface area contributed by atoms with Gasteiger partial charge in [-0.05, 0) is 86.6 Å². The maximum Gasteiger partial charge on any atom is 0.174 e. The summed E-state index contributed by atoms with van der Waals surface area (Å²) in [5, 5.41) is 4.55. The second kappa shape index (κ2) is 8.85. The summed E-state index contributed by atoms with van der Waals surface area (Å²) in [6.07, 6.45) is 1.77. The Labute approximate surface area is 209 Å². The lowest BCUT2D eigenvalue weighted by Crippen LogP contribution is -2.30. The Morgan fingerprint density at radius 1 is 0.971 bits per heavy atom. The lowest BCUT2D eigenvalue weighted by molar-refractivity contribution is 0.556. The highest BCUT2D eigenvalue weighted by molar-refractivity contribution is 7.80. The van der Waals surface area contributed by atoms with Gasteiger partial charge in [-0.2, -0.15) is 0 Å². The molecule has 1 fully saturated rings. The van der Waals surface area contributed by atoms with E-state index in [-0.39, 0.29) is 17.9 Å². The van der Waals surface area contributed by atoms with Crippen molar-refractivity contribution in [2.75, 3.05) is 4.90 Å². The van der Waals surface area contributed by atoms with E-state index in [0.717, 1.165) is 33.9 Å². The number of anilines is 1. The highest BCUT2D eigenvalue weighted by atomic mass is 35.5. The van der Waals surface area contributed by atoms with Crippen LogP contribution in [0.1, 0.15) is 40.3 Å². The number of aryl methyl sites for hydroxylation is 2. The largest absolute Gasteiger partial charge is 0.351 e. The van der Waals surface area contributed by atoms with Crippen LogP contribution in [0, 0.1) is 26.6 Å². The van der Waals surface area contributed by atoms with E-state index in [0.29, 0.717) is 15.8 Å². The third-order valence-corrected chi connectivity index (χ3v) is 6.96. The molecule has 1 N–H and O–H groups in total. The van der Waals surface area contributed by atoms with E-state index in [1.165, 1.54) is 6.07 Å². The summed E-state index contributed by atoms with van der Waals surface area (Å²) >= 11 is 12.1. The SMILES string of the molecule is Cc1ccc(Cl)cc1-n1c(C)cc([C@@H]2[C@H](c3ccccn3)NC(=S)N2c2ccccc2F)c1C. The summed E-state index contributed by atoms with van der Waals surface area (Å²) in [4.78, 5) is 6.47. The second-order valence-corrected chi connectivity index (χ2v) is 9.36. The van der Waals surface area contributed by atoms with Gasteiger partial charge in [0.2, 0.25) is 0 Å². The molecule has 5 rings (SSSR count). The van der Waals surface area contributed by atoms with Gasteiger partial charge in [0.15, 0.2) is 5.11 Å². The molecule has 2 aromatic carbocycles. The van der Waals surface area contributed by atoms with E-state index >= 15 is 4.39 Å². The van der Waals surface area contributed by atoms with Crippen LogP contribution in [0.4, 0.5) is 10.1 Å². The zero-order chi connectivity index (χ0) is 24.0. The van der Waals surface area contributed by atoms with Crippen LogP contribution in [0.3, 0.4) is 0 Å². The van der Waals surface area contributed by atoms with Gasteiger partial charge in [-0.25, -0.2) is 4.39 Å². The van der Waals surface area contributed by atoms with Gasteiger partial charge in [0.1, 0.15) is 5.82 Å². The van der Waals surface area contributed by atoms with Crippen molar-refractivity contribution in [3.63, 3.8) is 0 Å². The molecule has 3 heterocycles. The Morgan fingerprint density at radius 2 is 1.74 bits per heavy atom. The van der Waals surface area contributed by atoms with Crippen LogP contribution in [0.5, 0.6) is 0 Å². The fraction of sp³-hybridized carbons (Fsp3) is 0.185. The molecule has 7 heteroatoms. The average molecular weight is 491 g/mol. The molecular weight excluding hydrogens is 467 g/mol. The summed E-state index contributed by atoms with van der Waals surface area (Å²) in [5.74, 6) is -0.321. The number of thiocarbonyl (C=S) groups is 1. The Kier molecular flexibility index (Phi) is 5.88. The Balaban J connectivity index is 1.72. The minimum atomic E-state index is -0.321. The molecule has 4 nitrogen and oxygen atoms in total. The Bertz CT molecular complexity index is 1380. The number of benzene rings is 2. The molecule has 4 aromatic rings. The molecule has 1 aliphatic rings. The third-order valence-electron chi connectivity index (χ3n) is 6.41. The standard InChI is InChI=1S/C27H24ClFN4S/c1-16-11-12-19(28)15-24(16)32-17(2)14-20(18(32)3)26-25(22-9-6-7-13-30-22)31-27(34)33(26)23-10-5-4-8-21(23)29/h4-15,25-26H,1-3H3,(H,31,34)/t25-,26+/m0/s1. The number of hydrogen-bond acceptors (Lipinski definition) is 2. The van der Waals surface area contributed by atoms with Crippen LogP contribution in [0.15, 0.2) is 72.9 Å². The fourth-order valence-electron chi connectivity index (χ4n) is 4.86. The van der Waals surface area contributed by atoms with E-state index in [1.807, 2.05) is 47.4 Å². The zero-order valence-electron chi connectivity index (χ0n) is 19.1. The van der Waals surface area contributed by atoms with Crippen molar-refractivity contribution in [1.82, 2.24) is 14.9 Å². The Morgan fingerprint density at radius 3 is 2.47 bits per heavy atom. The van der Waals surface area contributed by atoms with Gasteiger partial charge >= 0.3 is 0 Å². The number of nitrogens with zero attached hydrogens (tertiary/aromatic N) is 3. The van der Waals surface area contributed by atoms with Gasteiger partial charge in [0.05, 0.1) is 23.5 Å². The molecule has 0 bridgehead atoms. The number of hydrogen-bond donors (Lipinski definition) is 1. The van der Waals surface area contributed by atoms with Crippen LogP contribution in [0.25, 0.3) is 5.69 Å². The topological polar surface area (TPSA) is 33.1 Å². The minimum Gasteiger partial charge on any atom is -0.351 e. The van der Waals surface area contributed by atoms with Gasteiger partial charge in [-0.15, -0.1) is 0 Å². The maximum absolute atomic E-state index is 15.0. The van der Waals surface area contributed by atoms with Crippen molar-refractivity contribution in [1.29, 1.82) is 0 Å². The van der Waals surface area contributed by atoms with Crippen LogP contribution in [-0.4, -0.2) is 14.7 Å². The maximum atomic E-state index is 15.0. The molecule has 0 spiro atoms. The van der Waals surface area contributed by atoms with Crippen LogP contribution in [-0.2, 0) is 0 Å². The van der Waals surface area contributed by atoms with Crippen LogP contribution in [0.2, 0.25) is 5.02 Å². The number of aromatic nitrogens is 2. The molecular formula is C27H24ClFN4S. The van der Waals surface area contributed by atoms with Gasteiger partial charge in [-0.3, -0.25) is 4.98 Å². The molecule has 0 amide bonds. The molecule has 172 valence electrons. The predicted octanol–water partition coefficient (Wildman–Crippen LogP) is 6.77. The van der Waals surface area contributed by atoms with E-state index < -0.39 is 0 Å². The lowest BCUT2D eigenvalue weighted by Gasteiger charge is -2.28. The fourth-order valence-corrected chi connectivity index (χ4v) is 5.36. The highest BCUT2D eigenvalue weighted by Gasteiger charge is 2.43. The molecule has 1 saturated heterocycles. The highest BCUT2D eigenvalue weighted by Crippen LogP contribution is 2.44. The molecule has 34 heavy (non-hydrogen) atoms. The second-order valence-electron chi connectivity index (χ2n) is 8.54. The monoisotopic (exact) mass is 490 g/mol. The predicted molar refractivity (Wildman–Crippen MR) is 139 cm³/mol. The number of nitrogens with one attached hydrogen (secondary N) is 1. The van der Waals surface area contributed by atoms with Gasteiger partial charge in [0.25, 0.3) is 0 Å². The summed E-state index contributed by atoms with van der Waals surface area (Å²) in [6, 6.07) is 20.0. The number of pyridine rings is 1. The van der Waals surface area contributed by atoms with Crippen molar-refractivity contribution in [3.05, 3.63) is 112 Å². The van der Waals surface area contributed by atoms with E-state index in [9.17, 15) is 0 Å². The molecule has 0 unspecified atom stereocenters.